The van der Waals surface area contributed by atoms with E-state index < -0.39 is 0 Å². The largest absolute Gasteiger partial charge is 2.00 e. The number of benzene rings is 2. The van der Waals surface area contributed by atoms with E-state index in [9.17, 15) is 0 Å². The molecule has 0 N–H and O–H groups in total. The van der Waals surface area contributed by atoms with Crippen LogP contribution in [0.2, 0.25) is 0 Å². The number of aryl methyl sites for hydroxylation is 2. The molecule has 0 atom stereocenters. The molecule has 4 rings (SSSR count). The van der Waals surface area contributed by atoms with Gasteiger partial charge in [-0.15, -0.1) is 81.2 Å². The van der Waals surface area contributed by atoms with Crippen LogP contribution in [0, 0.1) is 13.8 Å². The fourth-order valence-corrected chi connectivity index (χ4v) is 2.84. The smallest absolute Gasteiger partial charge is 1.00 e. The summed E-state index contributed by atoms with van der Waals surface area (Å²) in [6.45, 7) is 11.1. The van der Waals surface area contributed by atoms with Gasteiger partial charge in [-0.3, -0.25) is 0 Å². The van der Waals surface area contributed by atoms with Gasteiger partial charge in [0.2, 0.25) is 0 Å². The quantitative estimate of drug-likeness (QED) is 0.372. The maximum absolute atomic E-state index is 3.38. The van der Waals surface area contributed by atoms with Crippen molar-refractivity contribution in [2.75, 3.05) is 0 Å². The fraction of sp³-hybridized carbons (Fsp3) is 0.200. The molecule has 3 heteroatoms. The summed E-state index contributed by atoms with van der Waals surface area (Å²) in [6.07, 6.45) is 3.02. The van der Waals surface area contributed by atoms with Crippen molar-refractivity contribution < 1.29 is 51.0 Å². The molecule has 0 aromatic heterocycles. The van der Waals surface area contributed by atoms with Gasteiger partial charge in [-0.25, -0.2) is 0 Å². The molecule has 0 fully saturated rings. The van der Waals surface area contributed by atoms with Crippen LogP contribution in [-0.4, -0.2) is 0 Å². The summed E-state index contributed by atoms with van der Waals surface area (Å²) in [7, 11) is 0. The van der Waals surface area contributed by atoms with Crippen molar-refractivity contribution in [3.05, 3.63) is 97.8 Å². The van der Waals surface area contributed by atoms with Crippen LogP contribution in [-0.2, 0) is 39.0 Å². The molecule has 0 saturated carbocycles. The molecule has 0 nitrogen and oxygen atoms in total. The standard InChI is InChI=1S/2C11H11.C3H6.2ClH.Zr/c2*1-2-9-7-10-5-3-4-6-11(10)8-9;1-3-2;;;/h2*3-8H,2H2,1H3;1-3H2;2*1H;/q2*-1;-2;;;+2/p-2. The second-order valence-electron chi connectivity index (χ2n) is 6.05. The molecule has 0 aliphatic carbocycles. The summed E-state index contributed by atoms with van der Waals surface area (Å²) in [5.74, 6) is 0. The van der Waals surface area contributed by atoms with Gasteiger partial charge in [0.1, 0.15) is 0 Å². The van der Waals surface area contributed by atoms with E-state index in [0.717, 1.165) is 19.3 Å². The van der Waals surface area contributed by atoms with Gasteiger partial charge in [-0.05, 0) is 12.8 Å². The van der Waals surface area contributed by atoms with Crippen LogP contribution in [0.25, 0.3) is 21.5 Å². The van der Waals surface area contributed by atoms with Crippen LogP contribution in [0.5, 0.6) is 0 Å². The molecule has 0 amide bonds. The van der Waals surface area contributed by atoms with Crippen molar-refractivity contribution >= 4 is 21.5 Å². The summed E-state index contributed by atoms with van der Waals surface area (Å²) in [4.78, 5) is 0. The minimum absolute atomic E-state index is 0. The Morgan fingerprint density at radius 2 is 1.00 bits per heavy atom. The van der Waals surface area contributed by atoms with Crippen molar-refractivity contribution in [2.24, 2.45) is 0 Å². The van der Waals surface area contributed by atoms with Crippen LogP contribution >= 0.6 is 0 Å². The van der Waals surface area contributed by atoms with Crippen molar-refractivity contribution in [3.8, 4) is 0 Å². The van der Waals surface area contributed by atoms with E-state index in [1.807, 2.05) is 0 Å². The number of halogens is 2. The zero-order valence-electron chi connectivity index (χ0n) is 16.7. The Hall–Kier alpha value is -0.877. The SMILES string of the molecule is CCc1cc2ccccc2[cH-]1.CCc1cc2ccccc2[cH-]1.[CH2-]C[CH2-].[Cl-].[Cl-].[Zr+2]. The van der Waals surface area contributed by atoms with Gasteiger partial charge >= 0.3 is 26.2 Å². The van der Waals surface area contributed by atoms with E-state index in [-0.39, 0.29) is 51.0 Å². The van der Waals surface area contributed by atoms with Gasteiger partial charge in [-0.1, -0.05) is 26.0 Å². The van der Waals surface area contributed by atoms with Crippen LogP contribution in [0.4, 0.5) is 0 Å². The summed E-state index contributed by atoms with van der Waals surface area (Å²) >= 11 is 0. The first-order valence-electron chi connectivity index (χ1n) is 9.09. The second kappa shape index (κ2) is 16.0. The van der Waals surface area contributed by atoms with Crippen LogP contribution < -0.4 is 24.8 Å². The van der Waals surface area contributed by atoms with Gasteiger partial charge in [0.05, 0.1) is 0 Å². The second-order valence-corrected chi connectivity index (χ2v) is 6.05. The molecule has 0 saturated heterocycles. The van der Waals surface area contributed by atoms with Crippen LogP contribution in [0.3, 0.4) is 0 Å². The Kier molecular flexibility index (Phi) is 16.7. The van der Waals surface area contributed by atoms with E-state index in [0.29, 0.717) is 0 Å². The Bertz CT molecular complexity index is 749. The maximum Gasteiger partial charge on any atom is 2.00 e. The van der Waals surface area contributed by atoms with Crippen molar-refractivity contribution in [1.29, 1.82) is 0 Å². The zero-order valence-corrected chi connectivity index (χ0v) is 20.7. The number of rotatable bonds is 2. The molecule has 4 aromatic carbocycles. The molecule has 0 radical (unpaired) electrons. The predicted octanol–water partition coefficient (Wildman–Crippen LogP) is 1.29. The van der Waals surface area contributed by atoms with E-state index in [1.165, 1.54) is 32.7 Å². The third-order valence-corrected chi connectivity index (χ3v) is 4.17. The van der Waals surface area contributed by atoms with E-state index in [2.05, 4.69) is 100 Å². The Morgan fingerprint density at radius 3 is 1.29 bits per heavy atom. The summed E-state index contributed by atoms with van der Waals surface area (Å²) in [5.41, 5.74) is 2.87. The Balaban J connectivity index is 0. The molecule has 0 heterocycles. The van der Waals surface area contributed by atoms with E-state index >= 15 is 0 Å². The summed E-state index contributed by atoms with van der Waals surface area (Å²) < 4.78 is 0. The maximum atomic E-state index is 3.38. The first-order valence-corrected chi connectivity index (χ1v) is 9.09. The molecule has 150 valence electrons. The molecule has 0 unspecified atom stereocenters. The molecule has 0 bridgehead atoms. The molecular formula is C25H28Cl2Zr-4. The Labute approximate surface area is 202 Å². The first kappa shape index (κ1) is 29.3. The Morgan fingerprint density at radius 1 is 0.679 bits per heavy atom. The molecule has 0 spiro atoms. The topological polar surface area (TPSA) is 0 Å². The monoisotopic (exact) mass is 488 g/mol. The number of fused-ring (bicyclic) bond motifs is 2. The first-order chi connectivity index (χ1) is 12.2. The average Bonchev–Trinajstić information content (AvgIpc) is 3.26. The minimum Gasteiger partial charge on any atom is -1.00 e. The normalized spacial score (nSPS) is 9.00. The number of hydrogen-bond donors (Lipinski definition) is 0. The zero-order chi connectivity index (χ0) is 18.1. The third kappa shape index (κ3) is 8.65. The van der Waals surface area contributed by atoms with Crippen molar-refractivity contribution in [2.45, 2.75) is 33.1 Å². The van der Waals surface area contributed by atoms with E-state index in [4.69, 9.17) is 0 Å². The van der Waals surface area contributed by atoms with E-state index in [1.54, 1.807) is 0 Å². The van der Waals surface area contributed by atoms with Crippen molar-refractivity contribution in [3.63, 3.8) is 0 Å². The van der Waals surface area contributed by atoms with Gasteiger partial charge in [0.15, 0.2) is 0 Å². The van der Waals surface area contributed by atoms with Crippen LogP contribution in [0.15, 0.2) is 72.8 Å². The van der Waals surface area contributed by atoms with Gasteiger partial charge in [-0.2, -0.15) is 12.1 Å². The fourth-order valence-electron chi connectivity index (χ4n) is 2.84. The predicted molar refractivity (Wildman–Crippen MR) is 113 cm³/mol. The molecule has 28 heavy (non-hydrogen) atoms. The van der Waals surface area contributed by atoms with Gasteiger partial charge in [0.25, 0.3) is 0 Å². The molecule has 4 aromatic rings. The van der Waals surface area contributed by atoms with Crippen molar-refractivity contribution in [1.82, 2.24) is 0 Å². The molecule has 0 aliphatic heterocycles. The number of hydrogen-bond acceptors (Lipinski definition) is 0. The summed E-state index contributed by atoms with van der Waals surface area (Å²) in [5, 5.41) is 5.46. The minimum atomic E-state index is 0. The average molecular weight is 491 g/mol. The third-order valence-electron chi connectivity index (χ3n) is 4.17. The van der Waals surface area contributed by atoms with Gasteiger partial charge < -0.3 is 45.1 Å². The van der Waals surface area contributed by atoms with Gasteiger partial charge in [0, 0.05) is 0 Å². The summed E-state index contributed by atoms with van der Waals surface area (Å²) in [6, 6.07) is 26.0. The molecule has 0 aliphatic rings. The molecular weight excluding hydrogens is 462 g/mol. The van der Waals surface area contributed by atoms with Crippen LogP contribution in [0.1, 0.15) is 31.4 Å².